The molecule has 1 heterocycles. The second-order valence-electron chi connectivity index (χ2n) is 8.81. The van der Waals surface area contributed by atoms with Crippen LogP contribution in [0.3, 0.4) is 0 Å². The topological polar surface area (TPSA) is 79.9 Å². The molecule has 32 heavy (non-hydrogen) atoms. The maximum absolute atomic E-state index is 12.4. The fourth-order valence-electron chi connectivity index (χ4n) is 3.09. The highest BCUT2D eigenvalue weighted by atomic mass is 16.6. The molecule has 1 aliphatic heterocycles. The van der Waals surface area contributed by atoms with Gasteiger partial charge in [-0.2, -0.15) is 0 Å². The third kappa shape index (κ3) is 11.7. The van der Waals surface area contributed by atoms with Crippen molar-refractivity contribution in [1.29, 1.82) is 0 Å². The summed E-state index contributed by atoms with van der Waals surface area (Å²) in [5.41, 5.74) is 1.21. The molecule has 0 aliphatic carbocycles. The molecule has 0 aromatic carbocycles. The van der Waals surface area contributed by atoms with Gasteiger partial charge in [-0.3, -0.25) is 4.79 Å². The van der Waals surface area contributed by atoms with Crippen molar-refractivity contribution in [1.82, 2.24) is 15.5 Å². The first-order valence-corrected chi connectivity index (χ1v) is 11.4. The molecule has 0 bridgehead atoms. The van der Waals surface area contributed by atoms with Crippen molar-refractivity contribution in [3.05, 3.63) is 48.9 Å². The molecule has 0 saturated heterocycles. The van der Waals surface area contributed by atoms with E-state index in [1.807, 2.05) is 39.8 Å². The summed E-state index contributed by atoms with van der Waals surface area (Å²) in [6.07, 6.45) is 11.2. The molecule has 180 valence electrons. The molecule has 0 saturated carbocycles. The van der Waals surface area contributed by atoms with Crippen molar-refractivity contribution in [3.63, 3.8) is 0 Å². The van der Waals surface area contributed by atoms with E-state index in [2.05, 4.69) is 23.8 Å². The average Bonchev–Trinajstić information content (AvgIpc) is 2.76. The minimum atomic E-state index is -0.470. The average molecular weight is 448 g/mol. The lowest BCUT2D eigenvalue weighted by atomic mass is 10.2. The van der Waals surface area contributed by atoms with Crippen LogP contribution in [-0.2, 0) is 14.3 Å². The number of hydrogen-bond acceptors (Lipinski definition) is 5. The van der Waals surface area contributed by atoms with Crippen molar-refractivity contribution in [3.8, 4) is 0 Å². The van der Waals surface area contributed by atoms with Gasteiger partial charge in [0.15, 0.2) is 0 Å². The second-order valence-corrected chi connectivity index (χ2v) is 8.81. The zero-order valence-electron chi connectivity index (χ0n) is 20.2. The Morgan fingerprint density at radius 1 is 1.25 bits per heavy atom. The van der Waals surface area contributed by atoms with Crippen LogP contribution in [0.1, 0.15) is 59.8 Å². The Kier molecular flexibility index (Phi) is 12.5. The Morgan fingerprint density at radius 3 is 2.69 bits per heavy atom. The lowest BCUT2D eigenvalue weighted by molar-refractivity contribution is -0.124. The molecule has 0 fully saturated rings. The van der Waals surface area contributed by atoms with E-state index in [4.69, 9.17) is 9.47 Å². The van der Waals surface area contributed by atoms with E-state index in [-0.39, 0.29) is 18.0 Å². The van der Waals surface area contributed by atoms with Crippen molar-refractivity contribution in [2.45, 2.75) is 71.4 Å². The molecule has 0 spiro atoms. The molecule has 0 aromatic rings. The minimum absolute atomic E-state index is 0.0791. The van der Waals surface area contributed by atoms with Gasteiger partial charge in [0.05, 0.1) is 12.6 Å². The van der Waals surface area contributed by atoms with Gasteiger partial charge in [-0.1, -0.05) is 18.7 Å². The number of rotatable bonds is 12. The number of allylic oxidation sites excluding steroid dienone is 3. The summed E-state index contributed by atoms with van der Waals surface area (Å²) in [4.78, 5) is 25.6. The maximum atomic E-state index is 12.4. The number of nitrogens with zero attached hydrogens (tertiary/aromatic N) is 1. The van der Waals surface area contributed by atoms with Gasteiger partial charge in [0.1, 0.15) is 5.60 Å². The maximum Gasteiger partial charge on any atom is 0.407 e. The lowest BCUT2D eigenvalue weighted by Gasteiger charge is -2.26. The second kappa shape index (κ2) is 14.5. The number of hydrogen-bond donors (Lipinski definition) is 2. The monoisotopic (exact) mass is 447 g/mol. The Hall–Kier alpha value is -2.54. The standard InChI is InChI=1S/C25H41N3O4/c1-7-20(2)28-21(3)19-22(13-9-10-14-23(28)29)26-16-18-31-17-12-8-11-15-27-24(30)32-25(4,5)6/h7,10,14,19-20,26H,1,3,8-9,11-13,15-18H2,2,4-6H3,(H,27,30)/b14-10+,22-19-. The van der Waals surface area contributed by atoms with Gasteiger partial charge < -0.3 is 25.0 Å². The summed E-state index contributed by atoms with van der Waals surface area (Å²) in [5.74, 6) is -0.0791. The molecule has 1 rings (SSSR count). The summed E-state index contributed by atoms with van der Waals surface area (Å²) in [5, 5.41) is 6.16. The predicted octanol–water partition coefficient (Wildman–Crippen LogP) is 4.44. The van der Waals surface area contributed by atoms with Crippen molar-refractivity contribution in [2.24, 2.45) is 0 Å². The lowest BCUT2D eigenvalue weighted by Crippen LogP contribution is -2.35. The van der Waals surface area contributed by atoms with Crippen LogP contribution < -0.4 is 10.6 Å². The fourth-order valence-corrected chi connectivity index (χ4v) is 3.09. The van der Waals surface area contributed by atoms with Crippen molar-refractivity contribution >= 4 is 12.0 Å². The van der Waals surface area contributed by atoms with Crippen LogP contribution in [0, 0.1) is 0 Å². The summed E-state index contributed by atoms with van der Waals surface area (Å²) < 4.78 is 10.9. The van der Waals surface area contributed by atoms with E-state index in [9.17, 15) is 9.59 Å². The Balaban J connectivity index is 2.23. The van der Waals surface area contributed by atoms with E-state index in [1.165, 1.54) is 0 Å². The van der Waals surface area contributed by atoms with E-state index < -0.39 is 5.60 Å². The fraction of sp³-hybridized carbons (Fsp3) is 0.600. The van der Waals surface area contributed by atoms with E-state index in [1.54, 1.807) is 17.1 Å². The van der Waals surface area contributed by atoms with Crippen LogP contribution in [0.4, 0.5) is 4.79 Å². The van der Waals surface area contributed by atoms with E-state index >= 15 is 0 Å². The van der Waals surface area contributed by atoms with Crippen LogP contribution in [0.2, 0.25) is 0 Å². The third-order valence-corrected chi connectivity index (χ3v) is 4.71. The molecular formula is C25H41N3O4. The highest BCUT2D eigenvalue weighted by Crippen LogP contribution is 2.17. The van der Waals surface area contributed by atoms with Crippen LogP contribution in [0.15, 0.2) is 48.9 Å². The largest absolute Gasteiger partial charge is 0.444 e. The summed E-state index contributed by atoms with van der Waals surface area (Å²) in [6, 6.07) is -0.127. The van der Waals surface area contributed by atoms with Gasteiger partial charge in [-0.25, -0.2) is 4.79 Å². The molecule has 0 aromatic heterocycles. The number of amides is 2. The smallest absolute Gasteiger partial charge is 0.407 e. The Labute approximate surface area is 193 Å². The van der Waals surface area contributed by atoms with E-state index in [0.717, 1.165) is 37.8 Å². The molecule has 2 amide bonds. The predicted molar refractivity (Wildman–Crippen MR) is 129 cm³/mol. The molecule has 2 N–H and O–H groups in total. The number of carbonyl (C=O) groups excluding carboxylic acids is 2. The van der Waals surface area contributed by atoms with Gasteiger partial charge >= 0.3 is 6.09 Å². The van der Waals surface area contributed by atoms with E-state index in [0.29, 0.717) is 32.0 Å². The quantitative estimate of drug-likeness (QED) is 0.342. The molecule has 1 aliphatic rings. The zero-order chi connectivity index (χ0) is 24.0. The molecule has 7 nitrogen and oxygen atoms in total. The van der Waals surface area contributed by atoms with Gasteiger partial charge in [-0.15, -0.1) is 6.58 Å². The van der Waals surface area contributed by atoms with Crippen LogP contribution in [-0.4, -0.2) is 54.8 Å². The third-order valence-electron chi connectivity index (χ3n) is 4.71. The summed E-state index contributed by atoms with van der Waals surface area (Å²) in [7, 11) is 0. The number of ether oxygens (including phenoxy) is 2. The molecule has 1 atom stereocenters. The molecule has 1 unspecified atom stereocenters. The highest BCUT2D eigenvalue weighted by molar-refractivity contribution is 5.89. The molecular weight excluding hydrogens is 406 g/mol. The first-order valence-electron chi connectivity index (χ1n) is 11.4. The summed E-state index contributed by atoms with van der Waals surface area (Å²) >= 11 is 0. The zero-order valence-corrected chi connectivity index (χ0v) is 20.2. The number of nitrogens with one attached hydrogen (secondary N) is 2. The SMILES string of the molecule is C=CC(C)N1C(=C)/C=C(\NCCOCCCCCNC(=O)OC(C)(C)C)CC/C=C/C1=O. The minimum Gasteiger partial charge on any atom is -0.444 e. The molecule has 7 heteroatoms. The van der Waals surface area contributed by atoms with Crippen LogP contribution in [0.25, 0.3) is 0 Å². The summed E-state index contributed by atoms with van der Waals surface area (Å²) in [6.45, 7) is 17.9. The Morgan fingerprint density at radius 2 is 2.00 bits per heavy atom. The van der Waals surface area contributed by atoms with Gasteiger partial charge in [0.2, 0.25) is 0 Å². The first-order chi connectivity index (χ1) is 15.1. The number of unbranched alkanes of at least 4 members (excludes halogenated alkanes) is 2. The van der Waals surface area contributed by atoms with Crippen molar-refractivity contribution < 1.29 is 19.1 Å². The van der Waals surface area contributed by atoms with Gasteiger partial charge in [0, 0.05) is 31.1 Å². The Bertz CT molecular complexity index is 692. The van der Waals surface area contributed by atoms with Gasteiger partial charge in [0.25, 0.3) is 5.91 Å². The number of carbonyl (C=O) groups is 2. The normalized spacial score (nSPS) is 18.5. The van der Waals surface area contributed by atoms with Crippen molar-refractivity contribution in [2.75, 3.05) is 26.3 Å². The highest BCUT2D eigenvalue weighted by Gasteiger charge is 2.19. The number of alkyl carbamates (subject to hydrolysis) is 1. The first kappa shape index (κ1) is 27.5. The molecule has 0 radical (unpaired) electrons. The van der Waals surface area contributed by atoms with Gasteiger partial charge in [-0.05, 0) is 72.0 Å². The van der Waals surface area contributed by atoms with Crippen LogP contribution >= 0.6 is 0 Å². The van der Waals surface area contributed by atoms with Crippen LogP contribution in [0.5, 0.6) is 0 Å².